The van der Waals surface area contributed by atoms with Crippen LogP contribution < -0.4 is 0 Å². The fraction of sp³-hybridized carbons (Fsp3) is 0.235. The summed E-state index contributed by atoms with van der Waals surface area (Å²) in [5, 5.41) is 1.30. The van der Waals surface area contributed by atoms with E-state index in [1.165, 1.54) is 50.1 Å². The summed E-state index contributed by atoms with van der Waals surface area (Å²) in [6, 6.07) is 30.7. The standard InChI is InChI=1S/C34H34N2.ClH/c1-23-28-22-26(20-21-30(28)36(5)34(23,2)3)31(24-14-8-6-9-15-24)32-27-18-12-13-19-29(27)35(4)33(32)25-16-10-7-11-17-25;/h6-21,23H,22H2,1-5H3;1H. The van der Waals surface area contributed by atoms with Crippen LogP contribution in [-0.2, 0) is 7.05 Å². The van der Waals surface area contributed by atoms with Gasteiger partial charge in [-0.25, -0.2) is 0 Å². The Morgan fingerprint density at radius 3 is 2.14 bits per heavy atom. The molecule has 0 bridgehead atoms. The van der Waals surface area contributed by atoms with Crippen molar-refractivity contribution in [3.05, 3.63) is 125 Å². The lowest BCUT2D eigenvalue weighted by Gasteiger charge is -2.35. The second-order valence-corrected chi connectivity index (χ2v) is 10.8. The van der Waals surface area contributed by atoms with Crippen molar-refractivity contribution in [1.82, 2.24) is 9.47 Å². The van der Waals surface area contributed by atoms with Gasteiger partial charge < -0.3 is 9.47 Å². The van der Waals surface area contributed by atoms with Crippen LogP contribution in [0.4, 0.5) is 0 Å². The fourth-order valence-corrected chi connectivity index (χ4v) is 6.22. The molecule has 37 heavy (non-hydrogen) atoms. The van der Waals surface area contributed by atoms with E-state index >= 15 is 0 Å². The maximum absolute atomic E-state index is 2.47. The molecule has 6 rings (SSSR count). The van der Waals surface area contributed by atoms with E-state index in [2.05, 4.69) is 141 Å². The van der Waals surface area contributed by atoms with Gasteiger partial charge in [-0.15, -0.1) is 12.4 Å². The molecule has 2 heterocycles. The first-order valence-corrected chi connectivity index (χ1v) is 13.0. The molecular formula is C34H35ClN2. The topological polar surface area (TPSA) is 8.17 Å². The molecule has 1 aromatic heterocycles. The van der Waals surface area contributed by atoms with Crippen LogP contribution in [0.3, 0.4) is 0 Å². The Balaban J connectivity index is 0.00000280. The van der Waals surface area contributed by atoms with Gasteiger partial charge in [0.2, 0.25) is 0 Å². The van der Waals surface area contributed by atoms with Crippen molar-refractivity contribution in [2.75, 3.05) is 7.05 Å². The van der Waals surface area contributed by atoms with Gasteiger partial charge in [0.1, 0.15) is 0 Å². The van der Waals surface area contributed by atoms with Gasteiger partial charge in [0, 0.05) is 47.7 Å². The molecule has 188 valence electrons. The maximum atomic E-state index is 2.47. The lowest BCUT2D eigenvalue weighted by atomic mass is 9.80. The minimum absolute atomic E-state index is 0. The third kappa shape index (κ3) is 3.86. The van der Waals surface area contributed by atoms with Gasteiger partial charge in [-0.2, -0.15) is 0 Å². The zero-order valence-electron chi connectivity index (χ0n) is 22.3. The number of nitrogens with zero attached hydrogens (tertiary/aromatic N) is 2. The summed E-state index contributed by atoms with van der Waals surface area (Å²) >= 11 is 0. The minimum atomic E-state index is 0. The van der Waals surface area contributed by atoms with Gasteiger partial charge in [-0.3, -0.25) is 0 Å². The number of para-hydroxylation sites is 1. The van der Waals surface area contributed by atoms with Crippen LogP contribution in [0.2, 0.25) is 0 Å². The van der Waals surface area contributed by atoms with Crippen LogP contribution in [0.5, 0.6) is 0 Å². The lowest BCUT2D eigenvalue weighted by Crippen LogP contribution is -2.39. The van der Waals surface area contributed by atoms with Crippen LogP contribution in [0, 0.1) is 5.92 Å². The molecule has 0 saturated heterocycles. The van der Waals surface area contributed by atoms with Crippen molar-refractivity contribution in [2.45, 2.75) is 32.7 Å². The Kier molecular flexibility index (Phi) is 6.41. The molecule has 0 N–H and O–H groups in total. The first-order chi connectivity index (χ1) is 17.4. The third-order valence-electron chi connectivity index (χ3n) is 8.75. The Morgan fingerprint density at radius 2 is 1.43 bits per heavy atom. The minimum Gasteiger partial charge on any atom is -0.369 e. The van der Waals surface area contributed by atoms with Crippen LogP contribution in [0.15, 0.2) is 114 Å². The largest absolute Gasteiger partial charge is 0.369 e. The summed E-state index contributed by atoms with van der Waals surface area (Å²) in [5.41, 5.74) is 12.2. The number of benzene rings is 3. The number of aromatic nitrogens is 1. The quantitative estimate of drug-likeness (QED) is 0.270. The lowest BCUT2D eigenvalue weighted by molar-refractivity contribution is 0.192. The summed E-state index contributed by atoms with van der Waals surface area (Å²) in [5.74, 6) is 0.496. The van der Waals surface area contributed by atoms with Crippen molar-refractivity contribution in [3.63, 3.8) is 0 Å². The summed E-state index contributed by atoms with van der Waals surface area (Å²) in [4.78, 5) is 2.47. The molecule has 4 aromatic rings. The molecule has 3 heteroatoms. The van der Waals surface area contributed by atoms with E-state index in [9.17, 15) is 0 Å². The second kappa shape index (κ2) is 9.43. The fourth-order valence-electron chi connectivity index (χ4n) is 6.22. The third-order valence-corrected chi connectivity index (χ3v) is 8.75. The highest BCUT2D eigenvalue weighted by molar-refractivity contribution is 6.05. The average molecular weight is 507 g/mol. The van der Waals surface area contributed by atoms with E-state index in [-0.39, 0.29) is 17.9 Å². The van der Waals surface area contributed by atoms with Gasteiger partial charge in [0.25, 0.3) is 0 Å². The molecule has 0 fully saturated rings. The molecular weight excluding hydrogens is 472 g/mol. The summed E-state index contributed by atoms with van der Waals surface area (Å²) < 4.78 is 2.37. The Morgan fingerprint density at radius 1 is 0.811 bits per heavy atom. The number of aryl methyl sites for hydroxylation is 1. The van der Waals surface area contributed by atoms with Gasteiger partial charge in [-0.1, -0.05) is 91.9 Å². The average Bonchev–Trinajstić information content (AvgIpc) is 3.29. The molecule has 0 saturated carbocycles. The monoisotopic (exact) mass is 506 g/mol. The van der Waals surface area contributed by atoms with Crippen LogP contribution in [0.25, 0.3) is 27.7 Å². The Hall–Kier alpha value is -3.49. The van der Waals surface area contributed by atoms with Crippen molar-refractivity contribution in [3.8, 4) is 11.3 Å². The molecule has 1 atom stereocenters. The molecule has 2 aliphatic rings. The molecule has 1 aliphatic carbocycles. The number of hydrogen-bond acceptors (Lipinski definition) is 1. The van der Waals surface area contributed by atoms with E-state index in [1.807, 2.05) is 0 Å². The molecule has 1 aliphatic heterocycles. The second-order valence-electron chi connectivity index (χ2n) is 10.8. The van der Waals surface area contributed by atoms with Crippen molar-refractivity contribution in [2.24, 2.45) is 13.0 Å². The van der Waals surface area contributed by atoms with E-state index in [4.69, 9.17) is 0 Å². The predicted octanol–water partition coefficient (Wildman–Crippen LogP) is 8.64. The highest BCUT2D eigenvalue weighted by Gasteiger charge is 2.42. The maximum Gasteiger partial charge on any atom is 0.0568 e. The number of fused-ring (bicyclic) bond motifs is 1. The van der Waals surface area contributed by atoms with E-state index < -0.39 is 0 Å². The van der Waals surface area contributed by atoms with Crippen LogP contribution >= 0.6 is 12.4 Å². The zero-order chi connectivity index (χ0) is 25.0. The molecule has 2 nitrogen and oxygen atoms in total. The highest BCUT2D eigenvalue weighted by atomic mass is 35.5. The van der Waals surface area contributed by atoms with Gasteiger partial charge in [0.05, 0.1) is 5.69 Å². The van der Waals surface area contributed by atoms with Gasteiger partial charge in [-0.05, 0) is 60.3 Å². The summed E-state index contributed by atoms with van der Waals surface area (Å²) in [6.07, 6.45) is 5.71. The number of halogens is 1. The molecule has 1 unspecified atom stereocenters. The number of hydrogen-bond donors (Lipinski definition) is 0. The number of rotatable bonds is 3. The SMILES string of the molecule is CC1C2=C(C=CC(=C(c3ccccc3)c3c(-c4ccccc4)n(C)c4ccccc34)C2)N(C)C1(C)C.Cl. The van der Waals surface area contributed by atoms with Gasteiger partial charge >= 0.3 is 0 Å². The molecule has 0 amide bonds. The number of likely N-dealkylation sites (N-methyl/N-ethyl adjacent to an activating group) is 1. The summed E-state index contributed by atoms with van der Waals surface area (Å²) in [6.45, 7) is 7.12. The van der Waals surface area contributed by atoms with Gasteiger partial charge in [0.15, 0.2) is 0 Å². The van der Waals surface area contributed by atoms with E-state index in [0.29, 0.717) is 5.92 Å². The first kappa shape index (κ1) is 25.2. The normalized spacial score (nSPS) is 19.7. The van der Waals surface area contributed by atoms with Crippen LogP contribution in [0.1, 0.15) is 38.3 Å². The van der Waals surface area contributed by atoms with Crippen molar-refractivity contribution < 1.29 is 0 Å². The molecule has 3 aromatic carbocycles. The van der Waals surface area contributed by atoms with Crippen molar-refractivity contribution in [1.29, 1.82) is 0 Å². The Bertz CT molecular complexity index is 1550. The predicted molar refractivity (Wildman–Crippen MR) is 160 cm³/mol. The molecule has 0 radical (unpaired) electrons. The Labute approximate surface area is 227 Å². The zero-order valence-corrected chi connectivity index (χ0v) is 23.1. The highest BCUT2D eigenvalue weighted by Crippen LogP contribution is 2.49. The van der Waals surface area contributed by atoms with Crippen LogP contribution in [-0.4, -0.2) is 22.1 Å². The van der Waals surface area contributed by atoms with Crippen molar-refractivity contribution >= 4 is 28.9 Å². The molecule has 0 spiro atoms. The smallest absolute Gasteiger partial charge is 0.0568 e. The number of allylic oxidation sites excluding steroid dienone is 3. The first-order valence-electron chi connectivity index (χ1n) is 13.0. The van der Waals surface area contributed by atoms with E-state index in [0.717, 1.165) is 6.42 Å². The summed E-state index contributed by atoms with van der Waals surface area (Å²) in [7, 11) is 4.45. The van der Waals surface area contributed by atoms with E-state index in [1.54, 1.807) is 5.57 Å².